The summed E-state index contributed by atoms with van der Waals surface area (Å²) in [5.74, 6) is -0.890. The first-order valence-corrected chi connectivity index (χ1v) is 7.51. The van der Waals surface area contributed by atoms with Gasteiger partial charge in [-0.2, -0.15) is 0 Å². The fraction of sp³-hybridized carbons (Fsp3) is 0.167. The molecule has 24 heavy (non-hydrogen) atoms. The molecule has 0 amide bonds. The second kappa shape index (κ2) is 6.16. The van der Waals surface area contributed by atoms with Crippen LogP contribution < -0.4 is 0 Å². The monoisotopic (exact) mass is 324 g/mol. The molecule has 6 heteroatoms. The summed E-state index contributed by atoms with van der Waals surface area (Å²) >= 11 is 0. The molecule has 1 heterocycles. The standard InChI is InChI=1S/C18H16N2O4/c1-19-11-13(7-10-16(21)22)17-14(12-5-3-2-4-6-12)8-9-15(18(17)19)20(23)24/h2-6,8-9,11H,7,10H2,1H3,(H,21,22). The maximum atomic E-state index is 11.4. The zero-order valence-corrected chi connectivity index (χ0v) is 13.1. The molecule has 0 aliphatic heterocycles. The van der Waals surface area contributed by atoms with E-state index in [1.165, 1.54) is 6.07 Å². The van der Waals surface area contributed by atoms with E-state index in [1.54, 1.807) is 23.9 Å². The van der Waals surface area contributed by atoms with Crippen LogP contribution in [0.4, 0.5) is 5.69 Å². The normalized spacial score (nSPS) is 10.9. The number of nitro groups is 1. The van der Waals surface area contributed by atoms with Gasteiger partial charge < -0.3 is 9.67 Å². The molecule has 6 nitrogen and oxygen atoms in total. The molecule has 0 aliphatic rings. The van der Waals surface area contributed by atoms with Gasteiger partial charge in [0.1, 0.15) is 5.52 Å². The number of nitro benzene ring substituents is 1. The topological polar surface area (TPSA) is 85.4 Å². The number of hydrogen-bond acceptors (Lipinski definition) is 3. The Morgan fingerprint density at radius 2 is 1.92 bits per heavy atom. The van der Waals surface area contributed by atoms with Crippen LogP contribution in [0.2, 0.25) is 0 Å². The number of fused-ring (bicyclic) bond motifs is 1. The van der Waals surface area contributed by atoms with E-state index in [4.69, 9.17) is 5.11 Å². The molecule has 1 aromatic heterocycles. The minimum Gasteiger partial charge on any atom is -0.481 e. The van der Waals surface area contributed by atoms with E-state index >= 15 is 0 Å². The predicted molar refractivity (Wildman–Crippen MR) is 91.0 cm³/mol. The van der Waals surface area contributed by atoms with Gasteiger partial charge in [-0.1, -0.05) is 30.3 Å². The van der Waals surface area contributed by atoms with Gasteiger partial charge in [0, 0.05) is 31.1 Å². The van der Waals surface area contributed by atoms with Gasteiger partial charge in [0.2, 0.25) is 0 Å². The van der Waals surface area contributed by atoms with Gasteiger partial charge in [0.25, 0.3) is 5.69 Å². The van der Waals surface area contributed by atoms with Crippen LogP contribution in [0.1, 0.15) is 12.0 Å². The summed E-state index contributed by atoms with van der Waals surface area (Å²) in [5.41, 5.74) is 3.16. The molecule has 3 rings (SSSR count). The Bertz CT molecular complexity index is 929. The summed E-state index contributed by atoms with van der Waals surface area (Å²) < 4.78 is 1.71. The van der Waals surface area contributed by atoms with Gasteiger partial charge in [-0.25, -0.2) is 0 Å². The summed E-state index contributed by atoms with van der Waals surface area (Å²) in [6.07, 6.45) is 2.09. The number of carboxylic acid groups (broad SMARTS) is 1. The minimum atomic E-state index is -0.890. The van der Waals surface area contributed by atoms with E-state index < -0.39 is 10.9 Å². The molecule has 0 atom stereocenters. The van der Waals surface area contributed by atoms with E-state index in [2.05, 4.69) is 0 Å². The molecule has 0 bridgehead atoms. The Balaban J connectivity index is 2.30. The minimum absolute atomic E-state index is 0.0178. The maximum absolute atomic E-state index is 11.4. The van der Waals surface area contributed by atoms with Crippen LogP contribution in [-0.2, 0) is 18.3 Å². The molecule has 122 valence electrons. The molecule has 0 saturated carbocycles. The SMILES string of the molecule is Cn1cc(CCC(=O)O)c2c(-c3ccccc3)ccc([N+](=O)[O-])c21. The van der Waals surface area contributed by atoms with Crippen LogP contribution in [0.5, 0.6) is 0 Å². The lowest BCUT2D eigenvalue weighted by Gasteiger charge is -2.07. The first kappa shape index (κ1) is 15.7. The van der Waals surface area contributed by atoms with Crippen LogP contribution in [-0.4, -0.2) is 20.6 Å². The lowest BCUT2D eigenvalue weighted by Crippen LogP contribution is -1.97. The predicted octanol–water partition coefficient (Wildman–Crippen LogP) is 3.77. The van der Waals surface area contributed by atoms with Crippen molar-refractivity contribution in [2.24, 2.45) is 7.05 Å². The van der Waals surface area contributed by atoms with Crippen molar-refractivity contribution in [1.29, 1.82) is 0 Å². The third-order valence-corrected chi connectivity index (χ3v) is 4.07. The quantitative estimate of drug-likeness (QED) is 0.572. The number of hydrogen-bond donors (Lipinski definition) is 1. The van der Waals surface area contributed by atoms with Crippen molar-refractivity contribution >= 4 is 22.6 Å². The smallest absolute Gasteiger partial charge is 0.303 e. The van der Waals surface area contributed by atoms with Crippen LogP contribution in [0.15, 0.2) is 48.7 Å². The van der Waals surface area contributed by atoms with Crippen LogP contribution in [0.3, 0.4) is 0 Å². The number of non-ortho nitro benzene ring substituents is 1. The summed E-state index contributed by atoms with van der Waals surface area (Å²) in [6, 6.07) is 12.8. The fourth-order valence-corrected chi connectivity index (χ4v) is 3.06. The Kier molecular flexibility index (Phi) is 4.04. The van der Waals surface area contributed by atoms with E-state index in [-0.39, 0.29) is 12.1 Å². The van der Waals surface area contributed by atoms with Gasteiger partial charge in [-0.05, 0) is 29.2 Å². The molecule has 0 aliphatic carbocycles. The van der Waals surface area contributed by atoms with Crippen LogP contribution >= 0.6 is 0 Å². The second-order valence-electron chi connectivity index (χ2n) is 5.64. The van der Waals surface area contributed by atoms with Crippen molar-refractivity contribution in [3.63, 3.8) is 0 Å². The Morgan fingerprint density at radius 1 is 1.21 bits per heavy atom. The molecule has 0 spiro atoms. The van der Waals surface area contributed by atoms with Gasteiger partial charge in [-0.15, -0.1) is 0 Å². The number of carboxylic acids is 1. The van der Waals surface area contributed by atoms with E-state index in [1.807, 2.05) is 30.3 Å². The third kappa shape index (κ3) is 2.74. The van der Waals surface area contributed by atoms with Crippen molar-refractivity contribution < 1.29 is 14.8 Å². The molecule has 3 aromatic rings. The number of nitrogens with zero attached hydrogens (tertiary/aromatic N) is 2. The molecular formula is C18H16N2O4. The zero-order chi connectivity index (χ0) is 17.3. The van der Waals surface area contributed by atoms with E-state index in [9.17, 15) is 14.9 Å². The average Bonchev–Trinajstić information content (AvgIpc) is 2.90. The van der Waals surface area contributed by atoms with Crippen LogP contribution in [0, 0.1) is 10.1 Å². The molecule has 2 aromatic carbocycles. The van der Waals surface area contributed by atoms with Crippen molar-refractivity contribution in [1.82, 2.24) is 4.57 Å². The largest absolute Gasteiger partial charge is 0.481 e. The summed E-state index contributed by atoms with van der Waals surface area (Å²) in [5, 5.41) is 21.1. The number of benzene rings is 2. The number of carbonyl (C=O) groups is 1. The third-order valence-electron chi connectivity index (χ3n) is 4.07. The second-order valence-corrected chi connectivity index (χ2v) is 5.64. The highest BCUT2D eigenvalue weighted by atomic mass is 16.6. The highest BCUT2D eigenvalue weighted by Gasteiger charge is 2.21. The van der Waals surface area contributed by atoms with Crippen molar-refractivity contribution in [3.8, 4) is 11.1 Å². The number of rotatable bonds is 5. The molecule has 0 radical (unpaired) electrons. The fourth-order valence-electron chi connectivity index (χ4n) is 3.06. The number of aliphatic carboxylic acids is 1. The molecule has 1 N–H and O–H groups in total. The molecule has 0 fully saturated rings. The summed E-state index contributed by atoms with van der Waals surface area (Å²) in [6.45, 7) is 0. The Labute approximate surface area is 138 Å². The Morgan fingerprint density at radius 3 is 2.54 bits per heavy atom. The first-order valence-electron chi connectivity index (χ1n) is 7.51. The highest BCUT2D eigenvalue weighted by Crippen LogP contribution is 2.37. The van der Waals surface area contributed by atoms with E-state index in [0.717, 1.165) is 22.1 Å². The van der Waals surface area contributed by atoms with Crippen molar-refractivity contribution in [2.75, 3.05) is 0 Å². The highest BCUT2D eigenvalue weighted by molar-refractivity contribution is 6.02. The van der Waals surface area contributed by atoms with Crippen molar-refractivity contribution in [2.45, 2.75) is 12.8 Å². The summed E-state index contributed by atoms with van der Waals surface area (Å²) in [7, 11) is 1.74. The van der Waals surface area contributed by atoms with Crippen LogP contribution in [0.25, 0.3) is 22.0 Å². The lowest BCUT2D eigenvalue weighted by molar-refractivity contribution is -0.383. The molecule has 0 saturated heterocycles. The van der Waals surface area contributed by atoms with E-state index in [0.29, 0.717) is 11.9 Å². The number of aryl methyl sites for hydroxylation is 2. The first-order chi connectivity index (χ1) is 11.5. The lowest BCUT2D eigenvalue weighted by atomic mass is 9.97. The maximum Gasteiger partial charge on any atom is 0.303 e. The molecule has 0 unspecified atom stereocenters. The van der Waals surface area contributed by atoms with Gasteiger partial charge in [0.15, 0.2) is 0 Å². The Hall–Kier alpha value is -3.15. The van der Waals surface area contributed by atoms with Crippen molar-refractivity contribution in [3.05, 3.63) is 64.3 Å². The van der Waals surface area contributed by atoms with Gasteiger partial charge in [0.05, 0.1) is 4.92 Å². The zero-order valence-electron chi connectivity index (χ0n) is 13.1. The molecular weight excluding hydrogens is 308 g/mol. The summed E-state index contributed by atoms with van der Waals surface area (Å²) in [4.78, 5) is 21.9. The number of aromatic nitrogens is 1. The average molecular weight is 324 g/mol. The van der Waals surface area contributed by atoms with Gasteiger partial charge in [-0.3, -0.25) is 14.9 Å². The van der Waals surface area contributed by atoms with Gasteiger partial charge >= 0.3 is 5.97 Å².